The quantitative estimate of drug-likeness (QED) is 0.385. The molecule has 1 aromatic heterocycles. The summed E-state index contributed by atoms with van der Waals surface area (Å²) in [5, 5.41) is 19.5. The van der Waals surface area contributed by atoms with Gasteiger partial charge in [-0.15, -0.1) is 0 Å². The van der Waals surface area contributed by atoms with Crippen molar-refractivity contribution in [2.45, 2.75) is 18.5 Å². The molecule has 0 fully saturated rings. The molecular formula is C9H14N4O4. The van der Waals surface area contributed by atoms with Gasteiger partial charge < -0.3 is 26.2 Å². The summed E-state index contributed by atoms with van der Waals surface area (Å²) in [6.45, 7) is -0.684. The second kappa shape index (κ2) is 5.97. The van der Waals surface area contributed by atoms with Crippen LogP contribution in [0.25, 0.3) is 0 Å². The van der Waals surface area contributed by atoms with Crippen molar-refractivity contribution in [2.75, 3.05) is 6.61 Å². The Morgan fingerprint density at radius 3 is 2.76 bits per heavy atom. The highest BCUT2D eigenvalue weighted by molar-refractivity contribution is 5.86. The van der Waals surface area contributed by atoms with Crippen LogP contribution >= 0.6 is 0 Å². The van der Waals surface area contributed by atoms with E-state index in [2.05, 4.69) is 15.3 Å². The molecule has 0 bridgehead atoms. The van der Waals surface area contributed by atoms with Crippen LogP contribution in [0.4, 0.5) is 0 Å². The molecule has 1 heterocycles. The number of carbonyl (C=O) groups is 2. The number of rotatable bonds is 6. The Morgan fingerprint density at radius 2 is 2.29 bits per heavy atom. The summed E-state index contributed by atoms with van der Waals surface area (Å²) in [5.74, 6) is -1.96. The predicted molar refractivity (Wildman–Crippen MR) is 56.9 cm³/mol. The minimum absolute atomic E-state index is 0.188. The monoisotopic (exact) mass is 242 g/mol. The molecule has 0 aliphatic heterocycles. The van der Waals surface area contributed by atoms with Crippen LogP contribution in [0.1, 0.15) is 5.69 Å². The number of aliphatic hydroxyl groups is 1. The van der Waals surface area contributed by atoms with Gasteiger partial charge in [-0.2, -0.15) is 0 Å². The number of carbonyl (C=O) groups excluding carboxylic acids is 1. The first-order valence-corrected chi connectivity index (χ1v) is 4.92. The third-order valence-corrected chi connectivity index (χ3v) is 2.12. The van der Waals surface area contributed by atoms with E-state index < -0.39 is 30.6 Å². The Kier molecular flexibility index (Phi) is 4.61. The molecule has 8 nitrogen and oxygen atoms in total. The Morgan fingerprint density at radius 1 is 1.59 bits per heavy atom. The zero-order valence-corrected chi connectivity index (χ0v) is 8.96. The summed E-state index contributed by atoms with van der Waals surface area (Å²) < 4.78 is 0. The van der Waals surface area contributed by atoms with Crippen LogP contribution in [0.15, 0.2) is 12.5 Å². The zero-order valence-electron chi connectivity index (χ0n) is 8.96. The van der Waals surface area contributed by atoms with E-state index >= 15 is 0 Å². The fourth-order valence-corrected chi connectivity index (χ4v) is 1.18. The van der Waals surface area contributed by atoms with Gasteiger partial charge in [-0.3, -0.25) is 4.79 Å². The third-order valence-electron chi connectivity index (χ3n) is 2.12. The van der Waals surface area contributed by atoms with Crippen LogP contribution in [0.5, 0.6) is 0 Å². The molecule has 17 heavy (non-hydrogen) atoms. The summed E-state index contributed by atoms with van der Waals surface area (Å²) >= 11 is 0. The van der Waals surface area contributed by atoms with Gasteiger partial charge in [0.05, 0.1) is 24.7 Å². The highest BCUT2D eigenvalue weighted by Gasteiger charge is 2.22. The van der Waals surface area contributed by atoms with Crippen LogP contribution in [-0.4, -0.2) is 50.7 Å². The largest absolute Gasteiger partial charge is 0.480 e. The first-order valence-electron chi connectivity index (χ1n) is 4.92. The minimum Gasteiger partial charge on any atom is -0.480 e. The number of aromatic nitrogens is 2. The van der Waals surface area contributed by atoms with Gasteiger partial charge in [0.1, 0.15) is 6.04 Å². The van der Waals surface area contributed by atoms with Crippen LogP contribution in [0.3, 0.4) is 0 Å². The van der Waals surface area contributed by atoms with Gasteiger partial charge in [0, 0.05) is 12.6 Å². The van der Waals surface area contributed by atoms with E-state index in [4.69, 9.17) is 15.9 Å². The normalized spacial score (nSPS) is 14.0. The molecule has 0 radical (unpaired) electrons. The molecule has 94 valence electrons. The zero-order chi connectivity index (χ0) is 12.8. The standard InChI is InChI=1S/C9H14N4O4/c10-6(1-5-2-11-4-12-5)8(15)13-7(3-14)9(16)17/h2,4,6-7,14H,1,3,10H2,(H,11,12)(H,13,15)(H,16,17)/t6-,7-/m1/s1. The fourth-order valence-electron chi connectivity index (χ4n) is 1.18. The van der Waals surface area contributed by atoms with E-state index in [1.807, 2.05) is 0 Å². The van der Waals surface area contributed by atoms with Gasteiger partial charge in [-0.25, -0.2) is 9.78 Å². The summed E-state index contributed by atoms with van der Waals surface area (Å²) in [7, 11) is 0. The van der Waals surface area contributed by atoms with Crippen molar-refractivity contribution in [1.29, 1.82) is 0 Å². The van der Waals surface area contributed by atoms with Gasteiger partial charge in [-0.1, -0.05) is 0 Å². The van der Waals surface area contributed by atoms with Crippen LogP contribution in [0.2, 0.25) is 0 Å². The molecule has 1 aromatic rings. The lowest BCUT2D eigenvalue weighted by molar-refractivity contribution is -0.143. The second-order valence-electron chi connectivity index (χ2n) is 3.45. The molecule has 0 unspecified atom stereocenters. The molecule has 0 spiro atoms. The number of nitrogens with zero attached hydrogens (tertiary/aromatic N) is 1. The van der Waals surface area contributed by atoms with Gasteiger partial charge >= 0.3 is 5.97 Å². The van der Waals surface area contributed by atoms with Crippen LogP contribution in [-0.2, 0) is 16.0 Å². The lowest BCUT2D eigenvalue weighted by atomic mass is 10.1. The number of carboxylic acid groups (broad SMARTS) is 1. The highest BCUT2D eigenvalue weighted by atomic mass is 16.4. The molecule has 0 aliphatic rings. The molecule has 6 N–H and O–H groups in total. The maximum Gasteiger partial charge on any atom is 0.328 e. The average molecular weight is 242 g/mol. The number of nitrogens with two attached hydrogens (primary N) is 1. The number of nitrogens with one attached hydrogen (secondary N) is 2. The van der Waals surface area contributed by atoms with Crippen molar-refractivity contribution in [1.82, 2.24) is 15.3 Å². The number of aromatic amines is 1. The number of aliphatic carboxylic acids is 1. The maximum atomic E-state index is 11.5. The topological polar surface area (TPSA) is 141 Å². The molecule has 1 amide bonds. The Balaban J connectivity index is 2.49. The Labute approximate surface area is 96.9 Å². The van der Waals surface area contributed by atoms with Crippen molar-refractivity contribution in [2.24, 2.45) is 5.73 Å². The van der Waals surface area contributed by atoms with E-state index in [1.54, 1.807) is 6.20 Å². The third kappa shape index (κ3) is 3.85. The number of hydrogen-bond acceptors (Lipinski definition) is 5. The van der Waals surface area contributed by atoms with Gasteiger partial charge in [0.2, 0.25) is 5.91 Å². The number of H-pyrrole nitrogens is 1. The highest BCUT2D eigenvalue weighted by Crippen LogP contribution is 1.97. The summed E-state index contributed by atoms with van der Waals surface area (Å²) in [5.41, 5.74) is 6.17. The summed E-state index contributed by atoms with van der Waals surface area (Å²) in [6.07, 6.45) is 3.23. The second-order valence-corrected chi connectivity index (χ2v) is 3.45. The van der Waals surface area contributed by atoms with Crippen LogP contribution < -0.4 is 11.1 Å². The smallest absolute Gasteiger partial charge is 0.328 e. The Hall–Kier alpha value is -1.93. The number of aliphatic hydroxyl groups excluding tert-OH is 1. The molecular weight excluding hydrogens is 228 g/mol. The van der Waals surface area contributed by atoms with Gasteiger partial charge in [0.25, 0.3) is 0 Å². The minimum atomic E-state index is -1.34. The first kappa shape index (κ1) is 13.1. The number of hydrogen-bond donors (Lipinski definition) is 5. The summed E-state index contributed by atoms with van der Waals surface area (Å²) in [4.78, 5) is 28.7. The molecule has 2 atom stereocenters. The van der Waals surface area contributed by atoms with Gasteiger partial charge in [0.15, 0.2) is 0 Å². The summed E-state index contributed by atoms with van der Waals surface area (Å²) in [6, 6.07) is -2.25. The fraction of sp³-hybridized carbons (Fsp3) is 0.444. The molecule has 0 saturated carbocycles. The van der Waals surface area contributed by atoms with E-state index in [0.717, 1.165) is 0 Å². The number of carboxylic acids is 1. The van der Waals surface area contributed by atoms with Crippen molar-refractivity contribution in [3.05, 3.63) is 18.2 Å². The van der Waals surface area contributed by atoms with E-state index in [-0.39, 0.29) is 6.42 Å². The van der Waals surface area contributed by atoms with Crippen molar-refractivity contribution < 1.29 is 19.8 Å². The van der Waals surface area contributed by atoms with Crippen molar-refractivity contribution >= 4 is 11.9 Å². The van der Waals surface area contributed by atoms with Crippen molar-refractivity contribution in [3.63, 3.8) is 0 Å². The molecule has 0 saturated heterocycles. The lowest BCUT2D eigenvalue weighted by Gasteiger charge is -2.15. The molecule has 0 aromatic carbocycles. The Bertz CT molecular complexity index is 378. The predicted octanol–water partition coefficient (Wildman–Crippen LogP) is -2.16. The van der Waals surface area contributed by atoms with Crippen LogP contribution in [0, 0.1) is 0 Å². The SMILES string of the molecule is N[C@H](Cc1c[nH]cn1)C(=O)N[C@H](CO)C(=O)O. The molecule has 1 rings (SSSR count). The van der Waals surface area contributed by atoms with E-state index in [9.17, 15) is 9.59 Å². The van der Waals surface area contributed by atoms with Crippen molar-refractivity contribution in [3.8, 4) is 0 Å². The van der Waals surface area contributed by atoms with E-state index in [0.29, 0.717) is 5.69 Å². The molecule has 0 aliphatic carbocycles. The molecule has 8 heteroatoms. The number of imidazole rings is 1. The maximum absolute atomic E-state index is 11.5. The van der Waals surface area contributed by atoms with E-state index in [1.165, 1.54) is 6.33 Å². The average Bonchev–Trinajstić information content (AvgIpc) is 2.77. The van der Waals surface area contributed by atoms with Gasteiger partial charge in [-0.05, 0) is 0 Å². The number of amides is 1. The first-order chi connectivity index (χ1) is 8.04. The lowest BCUT2D eigenvalue weighted by Crippen LogP contribution is -2.50.